The van der Waals surface area contributed by atoms with Crippen molar-refractivity contribution in [3.8, 4) is 6.07 Å². The second-order valence-corrected chi connectivity index (χ2v) is 5.32. The number of nitrogens with zero attached hydrogens (tertiary/aromatic N) is 2. The van der Waals surface area contributed by atoms with E-state index in [-0.39, 0.29) is 12.5 Å². The summed E-state index contributed by atoms with van der Waals surface area (Å²) in [6.07, 6.45) is 0. The van der Waals surface area contributed by atoms with Crippen molar-refractivity contribution >= 4 is 11.9 Å². The third kappa shape index (κ3) is 4.06. The number of carbonyl (C=O) groups is 2. The third-order valence-electron chi connectivity index (χ3n) is 3.17. The van der Waals surface area contributed by atoms with Gasteiger partial charge in [-0.1, -0.05) is 12.1 Å². The summed E-state index contributed by atoms with van der Waals surface area (Å²) in [5, 5.41) is 8.75. The smallest absolute Gasteiger partial charge is 0.321 e. The fourth-order valence-electron chi connectivity index (χ4n) is 1.91. The average Bonchev–Trinajstić information content (AvgIpc) is 2.47. The van der Waals surface area contributed by atoms with Crippen LogP contribution in [-0.2, 0) is 20.9 Å². The minimum absolute atomic E-state index is 0.245. The van der Waals surface area contributed by atoms with Crippen LogP contribution >= 0.6 is 0 Å². The largest absolute Gasteiger partial charge is 0.465 e. The molecule has 0 spiro atoms. The minimum Gasteiger partial charge on any atom is -0.465 e. The molecule has 112 valence electrons. The lowest BCUT2D eigenvalue weighted by Gasteiger charge is -2.27. The van der Waals surface area contributed by atoms with E-state index in [1.54, 1.807) is 52.1 Å². The molecule has 0 unspecified atom stereocenters. The van der Waals surface area contributed by atoms with Gasteiger partial charge >= 0.3 is 5.97 Å². The zero-order valence-electron chi connectivity index (χ0n) is 12.8. The van der Waals surface area contributed by atoms with E-state index in [1.165, 1.54) is 4.90 Å². The van der Waals surface area contributed by atoms with Crippen molar-refractivity contribution in [2.45, 2.75) is 27.3 Å². The fourth-order valence-corrected chi connectivity index (χ4v) is 1.91. The van der Waals surface area contributed by atoms with Crippen LogP contribution in [0.3, 0.4) is 0 Å². The number of amides is 1. The summed E-state index contributed by atoms with van der Waals surface area (Å²) in [6.45, 7) is 5.44. The second kappa shape index (κ2) is 6.89. The molecule has 0 aromatic heterocycles. The zero-order valence-corrected chi connectivity index (χ0v) is 12.8. The highest BCUT2D eigenvalue weighted by atomic mass is 16.5. The summed E-state index contributed by atoms with van der Waals surface area (Å²) < 4.78 is 4.94. The van der Waals surface area contributed by atoms with Crippen LogP contribution in [0.15, 0.2) is 24.3 Å². The van der Waals surface area contributed by atoms with Gasteiger partial charge in [0.25, 0.3) is 0 Å². The molecule has 5 nitrogen and oxygen atoms in total. The Labute approximate surface area is 125 Å². The molecule has 5 heteroatoms. The first-order valence-corrected chi connectivity index (χ1v) is 6.74. The first-order valence-electron chi connectivity index (χ1n) is 6.74. The summed E-state index contributed by atoms with van der Waals surface area (Å²) >= 11 is 0. The van der Waals surface area contributed by atoms with Gasteiger partial charge in [-0.3, -0.25) is 9.59 Å². The Bertz CT molecular complexity index is 556. The van der Waals surface area contributed by atoms with Crippen LogP contribution in [0.4, 0.5) is 0 Å². The normalized spacial score (nSPS) is 10.6. The SMILES string of the molecule is CCOC(=O)C(C)(C)C(=O)N(C)Cc1ccc(C#N)cc1. The molecular formula is C16H20N2O3. The molecule has 0 heterocycles. The summed E-state index contributed by atoms with van der Waals surface area (Å²) in [4.78, 5) is 25.7. The highest BCUT2D eigenvalue weighted by Gasteiger charge is 2.39. The maximum Gasteiger partial charge on any atom is 0.321 e. The lowest BCUT2D eigenvalue weighted by molar-refractivity contribution is -0.162. The quantitative estimate of drug-likeness (QED) is 0.614. The number of carbonyl (C=O) groups excluding carboxylic acids is 2. The zero-order chi connectivity index (χ0) is 16.0. The first-order chi connectivity index (χ1) is 9.82. The molecule has 0 radical (unpaired) electrons. The Morgan fingerprint density at radius 1 is 1.29 bits per heavy atom. The number of hydrogen-bond acceptors (Lipinski definition) is 4. The predicted molar refractivity (Wildman–Crippen MR) is 78.0 cm³/mol. The van der Waals surface area contributed by atoms with Crippen molar-refractivity contribution in [2.24, 2.45) is 5.41 Å². The van der Waals surface area contributed by atoms with E-state index in [1.807, 2.05) is 6.07 Å². The van der Waals surface area contributed by atoms with Crippen molar-refractivity contribution < 1.29 is 14.3 Å². The molecule has 1 aromatic rings. The van der Waals surface area contributed by atoms with E-state index in [0.717, 1.165) is 5.56 Å². The molecule has 0 atom stereocenters. The number of ether oxygens (including phenoxy) is 1. The second-order valence-electron chi connectivity index (χ2n) is 5.32. The highest BCUT2D eigenvalue weighted by molar-refractivity contribution is 6.01. The van der Waals surface area contributed by atoms with Crippen LogP contribution < -0.4 is 0 Å². The Morgan fingerprint density at radius 3 is 2.33 bits per heavy atom. The lowest BCUT2D eigenvalue weighted by Crippen LogP contribution is -2.44. The van der Waals surface area contributed by atoms with Crippen molar-refractivity contribution in [3.05, 3.63) is 35.4 Å². The van der Waals surface area contributed by atoms with Gasteiger partial charge in [0, 0.05) is 13.6 Å². The van der Waals surface area contributed by atoms with Crippen LogP contribution in [0.25, 0.3) is 0 Å². The van der Waals surface area contributed by atoms with E-state index in [4.69, 9.17) is 10.00 Å². The molecule has 0 saturated carbocycles. The Hall–Kier alpha value is -2.35. The molecule has 0 N–H and O–H groups in total. The summed E-state index contributed by atoms with van der Waals surface area (Å²) in [5.41, 5.74) is 0.251. The van der Waals surface area contributed by atoms with Crippen LogP contribution in [0, 0.1) is 16.7 Å². The van der Waals surface area contributed by atoms with E-state index in [0.29, 0.717) is 12.1 Å². The van der Waals surface area contributed by atoms with Crippen LogP contribution in [0.2, 0.25) is 0 Å². The van der Waals surface area contributed by atoms with Gasteiger partial charge in [-0.15, -0.1) is 0 Å². The number of esters is 1. The summed E-state index contributed by atoms with van der Waals surface area (Å²) in [5.74, 6) is -0.827. The van der Waals surface area contributed by atoms with Crippen molar-refractivity contribution in [3.63, 3.8) is 0 Å². The molecule has 0 saturated heterocycles. The van der Waals surface area contributed by atoms with Gasteiger partial charge in [-0.05, 0) is 38.5 Å². The van der Waals surface area contributed by atoms with Gasteiger partial charge in [0.05, 0.1) is 18.2 Å². The molecule has 0 aliphatic heterocycles. The topological polar surface area (TPSA) is 70.4 Å². The Morgan fingerprint density at radius 2 is 1.86 bits per heavy atom. The molecule has 21 heavy (non-hydrogen) atoms. The number of nitriles is 1. The molecule has 0 bridgehead atoms. The fraction of sp³-hybridized carbons (Fsp3) is 0.438. The maximum atomic E-state index is 12.4. The van der Waals surface area contributed by atoms with E-state index in [9.17, 15) is 9.59 Å². The van der Waals surface area contributed by atoms with Crippen molar-refractivity contribution in [1.29, 1.82) is 5.26 Å². The van der Waals surface area contributed by atoms with Gasteiger partial charge in [0.15, 0.2) is 0 Å². The molecule has 0 fully saturated rings. The van der Waals surface area contributed by atoms with Crippen LogP contribution in [0.1, 0.15) is 31.9 Å². The van der Waals surface area contributed by atoms with Gasteiger partial charge in [-0.2, -0.15) is 5.26 Å². The maximum absolute atomic E-state index is 12.4. The first kappa shape index (κ1) is 16.7. The van der Waals surface area contributed by atoms with E-state index < -0.39 is 11.4 Å². The Balaban J connectivity index is 2.78. The average molecular weight is 288 g/mol. The van der Waals surface area contributed by atoms with E-state index in [2.05, 4.69) is 0 Å². The van der Waals surface area contributed by atoms with Crippen molar-refractivity contribution in [2.75, 3.05) is 13.7 Å². The summed E-state index contributed by atoms with van der Waals surface area (Å²) in [7, 11) is 1.64. The minimum atomic E-state index is -1.21. The summed E-state index contributed by atoms with van der Waals surface area (Å²) in [6, 6.07) is 9.02. The number of rotatable bonds is 5. The van der Waals surface area contributed by atoms with Gasteiger partial charge < -0.3 is 9.64 Å². The number of hydrogen-bond donors (Lipinski definition) is 0. The monoisotopic (exact) mass is 288 g/mol. The van der Waals surface area contributed by atoms with Crippen LogP contribution in [-0.4, -0.2) is 30.4 Å². The highest BCUT2D eigenvalue weighted by Crippen LogP contribution is 2.21. The molecule has 0 aliphatic rings. The van der Waals surface area contributed by atoms with E-state index >= 15 is 0 Å². The molecular weight excluding hydrogens is 268 g/mol. The van der Waals surface area contributed by atoms with Gasteiger partial charge in [0.2, 0.25) is 5.91 Å². The predicted octanol–water partition coefficient (Wildman–Crippen LogP) is 2.11. The van der Waals surface area contributed by atoms with Gasteiger partial charge in [-0.25, -0.2) is 0 Å². The third-order valence-corrected chi connectivity index (χ3v) is 3.17. The molecule has 0 aliphatic carbocycles. The molecule has 1 rings (SSSR count). The van der Waals surface area contributed by atoms with Crippen LogP contribution in [0.5, 0.6) is 0 Å². The lowest BCUT2D eigenvalue weighted by atomic mass is 9.91. The Kier molecular flexibility index (Phi) is 5.48. The standard InChI is InChI=1S/C16H20N2O3/c1-5-21-15(20)16(2,3)14(19)18(4)11-13-8-6-12(10-17)7-9-13/h6-9H,5,11H2,1-4H3. The van der Waals surface area contributed by atoms with Crippen molar-refractivity contribution in [1.82, 2.24) is 4.90 Å². The number of benzene rings is 1. The molecule has 1 amide bonds. The molecule has 1 aromatic carbocycles. The van der Waals surface area contributed by atoms with Gasteiger partial charge in [0.1, 0.15) is 5.41 Å².